The van der Waals surface area contributed by atoms with Gasteiger partial charge in [0.2, 0.25) is 0 Å². The minimum Gasteiger partial charge on any atom is -0.456 e. The van der Waals surface area contributed by atoms with Crippen molar-refractivity contribution in [1.82, 2.24) is 9.97 Å². The van der Waals surface area contributed by atoms with Gasteiger partial charge in [0.05, 0.1) is 11.4 Å². The van der Waals surface area contributed by atoms with E-state index in [1.165, 1.54) is 33.2 Å². The molecule has 3 nitrogen and oxygen atoms in total. The number of benzene rings is 8. The van der Waals surface area contributed by atoms with Crippen LogP contribution in [0.1, 0.15) is 23.6 Å². The van der Waals surface area contributed by atoms with Crippen molar-refractivity contribution in [3.05, 3.63) is 205 Å². The minimum absolute atomic E-state index is 0.313. The van der Waals surface area contributed by atoms with Crippen molar-refractivity contribution >= 4 is 32.7 Å². The summed E-state index contributed by atoms with van der Waals surface area (Å²) >= 11 is 0. The Morgan fingerprint density at radius 1 is 0.418 bits per heavy atom. The van der Waals surface area contributed by atoms with Crippen molar-refractivity contribution in [1.29, 1.82) is 0 Å². The largest absolute Gasteiger partial charge is 0.456 e. The lowest BCUT2D eigenvalue weighted by Gasteiger charge is -2.28. The fraction of sp³-hybridized carbons (Fsp3) is 0.0385. The first-order valence-electron chi connectivity index (χ1n) is 18.8. The highest BCUT2D eigenvalue weighted by molar-refractivity contribution is 6.12. The SMILES string of the molecule is CC1(c2ccccc2)c2ccccc2-c2ccc(-c3cc(-c4cccc(-c5cccc6oc7ccccc7c56)c4)nc(-c4ccc5ccccc5c4)n3)cc21. The molecule has 1 aliphatic carbocycles. The third-order valence-corrected chi connectivity index (χ3v) is 11.6. The second-order valence-corrected chi connectivity index (χ2v) is 14.7. The maximum atomic E-state index is 6.26. The second-order valence-electron chi connectivity index (χ2n) is 14.7. The molecule has 2 aromatic heterocycles. The van der Waals surface area contributed by atoms with Gasteiger partial charge >= 0.3 is 0 Å². The van der Waals surface area contributed by atoms with Crippen molar-refractivity contribution in [3.8, 4) is 56.2 Å². The number of para-hydroxylation sites is 1. The van der Waals surface area contributed by atoms with Crippen LogP contribution < -0.4 is 0 Å². The van der Waals surface area contributed by atoms with E-state index in [1.54, 1.807) is 0 Å². The lowest BCUT2D eigenvalue weighted by atomic mass is 9.74. The highest BCUT2D eigenvalue weighted by Crippen LogP contribution is 2.53. The Morgan fingerprint density at radius 2 is 1.07 bits per heavy atom. The van der Waals surface area contributed by atoms with Crippen LogP contribution in [0.25, 0.3) is 88.9 Å². The topological polar surface area (TPSA) is 38.9 Å². The summed E-state index contributed by atoms with van der Waals surface area (Å²) in [5, 5.41) is 4.58. The fourth-order valence-corrected chi connectivity index (χ4v) is 8.80. The Bertz CT molecular complexity index is 3120. The zero-order valence-corrected chi connectivity index (χ0v) is 30.2. The number of furan rings is 1. The summed E-state index contributed by atoms with van der Waals surface area (Å²) in [5.74, 6) is 0.696. The second kappa shape index (κ2) is 12.2. The van der Waals surface area contributed by atoms with Crippen LogP contribution in [0.3, 0.4) is 0 Å². The molecule has 0 saturated carbocycles. The van der Waals surface area contributed by atoms with E-state index in [4.69, 9.17) is 14.4 Å². The number of nitrogens with zero attached hydrogens (tertiary/aromatic N) is 2. The smallest absolute Gasteiger partial charge is 0.160 e. The first-order chi connectivity index (χ1) is 27.1. The normalized spacial score (nSPS) is 14.7. The van der Waals surface area contributed by atoms with Gasteiger partial charge in [-0.25, -0.2) is 9.97 Å². The highest BCUT2D eigenvalue weighted by Gasteiger charge is 2.40. The zero-order valence-electron chi connectivity index (χ0n) is 30.2. The number of aromatic nitrogens is 2. The van der Waals surface area contributed by atoms with Crippen LogP contribution in [-0.2, 0) is 5.41 Å². The van der Waals surface area contributed by atoms with Gasteiger partial charge < -0.3 is 4.42 Å². The van der Waals surface area contributed by atoms with Gasteiger partial charge in [-0.2, -0.15) is 0 Å². The molecule has 0 spiro atoms. The van der Waals surface area contributed by atoms with E-state index < -0.39 is 0 Å². The molecular weight excluding hydrogens is 669 g/mol. The molecule has 8 aromatic carbocycles. The number of hydrogen-bond acceptors (Lipinski definition) is 3. The van der Waals surface area contributed by atoms with Gasteiger partial charge in [0.15, 0.2) is 5.82 Å². The monoisotopic (exact) mass is 702 g/mol. The Hall–Kier alpha value is -7.10. The van der Waals surface area contributed by atoms with Crippen molar-refractivity contribution in [2.24, 2.45) is 0 Å². The number of fused-ring (bicyclic) bond motifs is 7. The molecule has 0 aliphatic heterocycles. The molecule has 0 amide bonds. The van der Waals surface area contributed by atoms with Crippen molar-refractivity contribution in [3.63, 3.8) is 0 Å². The Balaban J connectivity index is 1.11. The van der Waals surface area contributed by atoms with E-state index in [0.29, 0.717) is 5.82 Å². The summed E-state index contributed by atoms with van der Waals surface area (Å²) in [6.07, 6.45) is 0. The molecule has 0 fully saturated rings. The van der Waals surface area contributed by atoms with Crippen LogP contribution >= 0.6 is 0 Å². The average Bonchev–Trinajstić information content (AvgIpc) is 3.77. The van der Waals surface area contributed by atoms with Crippen LogP contribution in [0.2, 0.25) is 0 Å². The van der Waals surface area contributed by atoms with E-state index in [-0.39, 0.29) is 5.41 Å². The Labute approximate surface area is 319 Å². The van der Waals surface area contributed by atoms with Crippen molar-refractivity contribution < 1.29 is 4.42 Å². The third kappa shape index (κ3) is 4.97. The lowest BCUT2D eigenvalue weighted by Crippen LogP contribution is -2.22. The van der Waals surface area contributed by atoms with E-state index in [9.17, 15) is 0 Å². The van der Waals surface area contributed by atoms with Crippen molar-refractivity contribution in [2.75, 3.05) is 0 Å². The fourth-order valence-electron chi connectivity index (χ4n) is 8.80. The summed E-state index contributed by atoms with van der Waals surface area (Å²) in [6, 6.07) is 66.9. The van der Waals surface area contributed by atoms with E-state index in [2.05, 4.69) is 177 Å². The van der Waals surface area contributed by atoms with E-state index in [0.717, 1.165) is 66.5 Å². The van der Waals surface area contributed by atoms with Crippen LogP contribution in [0.15, 0.2) is 192 Å². The van der Waals surface area contributed by atoms with Crippen LogP contribution in [0, 0.1) is 0 Å². The lowest BCUT2D eigenvalue weighted by molar-refractivity contribution is 0.669. The molecule has 10 aromatic rings. The Kier molecular flexibility index (Phi) is 6.99. The van der Waals surface area contributed by atoms with Gasteiger partial charge in [-0.05, 0) is 93.0 Å². The molecule has 1 aliphatic rings. The molecular formula is C52H34N2O. The molecule has 2 heterocycles. The highest BCUT2D eigenvalue weighted by atomic mass is 16.3. The van der Waals surface area contributed by atoms with Gasteiger partial charge in [-0.1, -0.05) is 152 Å². The van der Waals surface area contributed by atoms with Crippen LogP contribution in [-0.4, -0.2) is 9.97 Å². The van der Waals surface area contributed by atoms with Crippen LogP contribution in [0.5, 0.6) is 0 Å². The quantitative estimate of drug-likeness (QED) is 0.179. The van der Waals surface area contributed by atoms with Gasteiger partial charge in [0.1, 0.15) is 11.2 Å². The summed E-state index contributed by atoms with van der Waals surface area (Å²) in [7, 11) is 0. The average molecular weight is 703 g/mol. The molecule has 3 heteroatoms. The first kappa shape index (κ1) is 31.4. The molecule has 55 heavy (non-hydrogen) atoms. The number of rotatable bonds is 5. The predicted molar refractivity (Wildman–Crippen MR) is 226 cm³/mol. The van der Waals surface area contributed by atoms with Crippen LogP contribution in [0.4, 0.5) is 0 Å². The standard InChI is InChI=1S/C52H34N2O/c1-52(39-17-3-2-4-18-39)44-22-9-7-19-41(44)42-28-27-37(31-45(42)52)47-32-46(53-51(54-47)38-26-25-33-13-5-6-14-34(33)29-38)36-16-11-15-35(30-36)40-21-12-24-49-50(40)43-20-8-10-23-48(43)55-49/h2-32H,1H3. The van der Waals surface area contributed by atoms with Crippen molar-refractivity contribution in [2.45, 2.75) is 12.3 Å². The summed E-state index contributed by atoms with van der Waals surface area (Å²) in [6.45, 7) is 2.36. The predicted octanol–water partition coefficient (Wildman–Crippen LogP) is 13.5. The molecule has 0 bridgehead atoms. The van der Waals surface area contributed by atoms with E-state index >= 15 is 0 Å². The molecule has 0 saturated heterocycles. The Morgan fingerprint density at radius 3 is 1.96 bits per heavy atom. The minimum atomic E-state index is -0.313. The molecule has 0 N–H and O–H groups in total. The molecule has 258 valence electrons. The number of hydrogen-bond donors (Lipinski definition) is 0. The van der Waals surface area contributed by atoms with E-state index in [1.807, 2.05) is 18.2 Å². The first-order valence-corrected chi connectivity index (χ1v) is 18.8. The van der Waals surface area contributed by atoms with Gasteiger partial charge in [0.25, 0.3) is 0 Å². The maximum absolute atomic E-state index is 6.26. The molecule has 1 atom stereocenters. The molecule has 0 radical (unpaired) electrons. The van der Waals surface area contributed by atoms with Gasteiger partial charge in [-0.15, -0.1) is 0 Å². The zero-order chi connectivity index (χ0) is 36.5. The molecule has 11 rings (SSSR count). The maximum Gasteiger partial charge on any atom is 0.160 e. The van der Waals surface area contributed by atoms with Gasteiger partial charge in [0, 0.05) is 32.9 Å². The molecule has 1 unspecified atom stereocenters. The van der Waals surface area contributed by atoms with Gasteiger partial charge in [-0.3, -0.25) is 0 Å². The summed E-state index contributed by atoms with van der Waals surface area (Å²) < 4.78 is 6.26. The third-order valence-electron chi connectivity index (χ3n) is 11.6. The summed E-state index contributed by atoms with van der Waals surface area (Å²) in [4.78, 5) is 10.6. The summed E-state index contributed by atoms with van der Waals surface area (Å²) in [5.41, 5.74) is 15.0.